The van der Waals surface area contributed by atoms with Crippen molar-refractivity contribution >= 4 is 40.6 Å². The third-order valence-corrected chi connectivity index (χ3v) is 5.67. The van der Waals surface area contributed by atoms with E-state index in [-0.39, 0.29) is 5.91 Å². The fourth-order valence-electron chi connectivity index (χ4n) is 3.75. The first kappa shape index (κ1) is 22.6. The van der Waals surface area contributed by atoms with Gasteiger partial charge in [0, 0.05) is 13.1 Å². The molecule has 33 heavy (non-hydrogen) atoms. The lowest BCUT2D eigenvalue weighted by Crippen LogP contribution is -2.19. The van der Waals surface area contributed by atoms with Crippen molar-refractivity contribution in [2.75, 3.05) is 30.4 Å². The smallest absolute Gasteiger partial charge is 0.253 e. The van der Waals surface area contributed by atoms with E-state index in [1.807, 2.05) is 12.1 Å². The van der Waals surface area contributed by atoms with E-state index < -0.39 is 0 Å². The number of hydrogen-bond donors (Lipinski definition) is 3. The predicted octanol–water partition coefficient (Wildman–Crippen LogP) is 4.04. The SMILES string of the molecule is CC#CN(c1ccc2c(c1)CCNCC2)c1ncc(Cl)c(Nc2ccccc2C(=O)NC)n1. The van der Waals surface area contributed by atoms with Crippen molar-refractivity contribution in [3.8, 4) is 12.0 Å². The van der Waals surface area contributed by atoms with Gasteiger partial charge in [-0.1, -0.05) is 35.7 Å². The molecule has 0 bridgehead atoms. The molecular weight excluding hydrogens is 436 g/mol. The second-order valence-electron chi connectivity index (χ2n) is 7.52. The van der Waals surface area contributed by atoms with Crippen molar-refractivity contribution in [1.29, 1.82) is 0 Å². The number of halogens is 1. The molecule has 7 nitrogen and oxygen atoms in total. The minimum Gasteiger partial charge on any atom is -0.355 e. The lowest BCUT2D eigenvalue weighted by atomic mass is 10.0. The Morgan fingerprint density at radius 2 is 1.94 bits per heavy atom. The lowest BCUT2D eigenvalue weighted by Gasteiger charge is -2.19. The zero-order valence-electron chi connectivity index (χ0n) is 18.6. The maximum absolute atomic E-state index is 12.2. The van der Waals surface area contributed by atoms with E-state index in [0.29, 0.717) is 28.0 Å². The van der Waals surface area contributed by atoms with E-state index in [4.69, 9.17) is 11.6 Å². The van der Waals surface area contributed by atoms with Crippen LogP contribution in [0.5, 0.6) is 0 Å². The van der Waals surface area contributed by atoms with Crippen molar-refractivity contribution in [2.24, 2.45) is 0 Å². The summed E-state index contributed by atoms with van der Waals surface area (Å²) >= 11 is 6.40. The van der Waals surface area contributed by atoms with Crippen molar-refractivity contribution in [1.82, 2.24) is 20.6 Å². The van der Waals surface area contributed by atoms with E-state index in [2.05, 4.69) is 50.0 Å². The molecule has 1 aromatic heterocycles. The zero-order chi connectivity index (χ0) is 23.2. The first-order valence-electron chi connectivity index (χ1n) is 10.8. The van der Waals surface area contributed by atoms with E-state index in [1.165, 1.54) is 17.3 Å². The van der Waals surface area contributed by atoms with E-state index >= 15 is 0 Å². The largest absolute Gasteiger partial charge is 0.355 e. The summed E-state index contributed by atoms with van der Waals surface area (Å²) in [6.45, 7) is 3.71. The normalized spacial score (nSPS) is 12.6. The van der Waals surface area contributed by atoms with Crippen molar-refractivity contribution in [3.05, 3.63) is 70.4 Å². The van der Waals surface area contributed by atoms with Crippen LogP contribution in [0, 0.1) is 12.0 Å². The van der Waals surface area contributed by atoms with E-state index in [9.17, 15) is 4.79 Å². The van der Waals surface area contributed by atoms with Gasteiger partial charge in [-0.05, 0) is 68.2 Å². The van der Waals surface area contributed by atoms with Crippen LogP contribution < -0.4 is 20.9 Å². The van der Waals surface area contributed by atoms with Crippen LogP contribution in [0.1, 0.15) is 28.4 Å². The highest BCUT2D eigenvalue weighted by Crippen LogP contribution is 2.30. The number of nitrogens with one attached hydrogen (secondary N) is 3. The summed E-state index contributed by atoms with van der Waals surface area (Å²) in [5.74, 6) is 3.52. The molecule has 1 amide bonds. The Balaban J connectivity index is 1.70. The molecule has 4 rings (SSSR count). The highest BCUT2D eigenvalue weighted by molar-refractivity contribution is 6.33. The number of para-hydroxylation sites is 1. The van der Waals surface area contributed by atoms with Crippen LogP contribution in [0.2, 0.25) is 5.02 Å². The number of amides is 1. The molecule has 3 N–H and O–H groups in total. The molecule has 2 aromatic carbocycles. The molecule has 0 saturated carbocycles. The minimum absolute atomic E-state index is 0.207. The Kier molecular flexibility index (Phi) is 7.08. The summed E-state index contributed by atoms with van der Waals surface area (Å²) in [5, 5.41) is 9.59. The Morgan fingerprint density at radius 3 is 2.73 bits per heavy atom. The minimum atomic E-state index is -0.207. The molecule has 0 radical (unpaired) electrons. The number of anilines is 4. The molecule has 0 unspecified atom stereocenters. The van der Waals surface area contributed by atoms with Gasteiger partial charge in [0.25, 0.3) is 5.91 Å². The molecule has 1 aliphatic heterocycles. The number of rotatable bonds is 5. The third-order valence-electron chi connectivity index (χ3n) is 5.40. The van der Waals surface area contributed by atoms with Gasteiger partial charge in [-0.25, -0.2) is 9.88 Å². The van der Waals surface area contributed by atoms with Crippen molar-refractivity contribution in [2.45, 2.75) is 19.8 Å². The summed E-state index contributed by atoms with van der Waals surface area (Å²) in [5.41, 5.74) is 4.62. The fraction of sp³-hybridized carbons (Fsp3) is 0.240. The van der Waals surface area contributed by atoms with Crippen LogP contribution >= 0.6 is 11.6 Å². The van der Waals surface area contributed by atoms with Crippen molar-refractivity contribution in [3.63, 3.8) is 0 Å². The topological polar surface area (TPSA) is 82.2 Å². The number of fused-ring (bicyclic) bond motifs is 1. The van der Waals surface area contributed by atoms with Gasteiger partial charge in [0.15, 0.2) is 5.82 Å². The van der Waals surface area contributed by atoms with Gasteiger partial charge in [0.1, 0.15) is 5.02 Å². The summed E-state index contributed by atoms with van der Waals surface area (Å²) < 4.78 is 0. The monoisotopic (exact) mass is 460 g/mol. The van der Waals surface area contributed by atoms with Crippen LogP contribution in [-0.2, 0) is 12.8 Å². The van der Waals surface area contributed by atoms with Crippen molar-refractivity contribution < 1.29 is 4.79 Å². The number of hydrogen-bond acceptors (Lipinski definition) is 6. The summed E-state index contributed by atoms with van der Waals surface area (Å²) in [7, 11) is 1.59. The zero-order valence-corrected chi connectivity index (χ0v) is 19.3. The highest BCUT2D eigenvalue weighted by Gasteiger charge is 2.17. The maximum atomic E-state index is 12.2. The maximum Gasteiger partial charge on any atom is 0.253 e. The standard InChI is InChI=1S/C25H25ClN6O/c1-3-14-32(19-9-8-17-10-12-28-13-11-18(17)15-19)25-29-16-21(26)23(31-25)30-22-7-5-4-6-20(22)24(33)27-2/h4-9,15-16,28H,10-13H2,1-2H3,(H,27,33)(H,29,30,31). The second kappa shape index (κ2) is 10.3. The number of nitrogens with zero attached hydrogens (tertiary/aromatic N) is 3. The van der Waals surface area contributed by atoms with Gasteiger partial charge in [0.2, 0.25) is 5.95 Å². The average molecular weight is 461 g/mol. The fourth-order valence-corrected chi connectivity index (χ4v) is 3.88. The molecule has 168 valence electrons. The molecule has 0 fully saturated rings. The molecule has 0 atom stereocenters. The van der Waals surface area contributed by atoms with Gasteiger partial charge < -0.3 is 16.0 Å². The van der Waals surface area contributed by atoms with Gasteiger partial charge >= 0.3 is 0 Å². The summed E-state index contributed by atoms with van der Waals surface area (Å²) in [4.78, 5) is 23.1. The number of benzene rings is 2. The second-order valence-corrected chi connectivity index (χ2v) is 7.92. The van der Waals surface area contributed by atoms with Gasteiger partial charge in [-0.2, -0.15) is 4.98 Å². The Bertz CT molecular complexity index is 1230. The van der Waals surface area contributed by atoms with E-state index in [0.717, 1.165) is 31.6 Å². The first-order chi connectivity index (χ1) is 16.1. The van der Waals surface area contributed by atoms with Crippen LogP contribution in [0.4, 0.5) is 23.1 Å². The van der Waals surface area contributed by atoms with Crippen LogP contribution in [0.15, 0.2) is 48.7 Å². The third kappa shape index (κ3) is 5.08. The molecule has 8 heteroatoms. The van der Waals surface area contributed by atoms with Crippen LogP contribution in [0.25, 0.3) is 0 Å². The lowest BCUT2D eigenvalue weighted by molar-refractivity contribution is 0.0964. The Labute approximate surface area is 198 Å². The summed E-state index contributed by atoms with van der Waals surface area (Å²) in [6, 6.07) is 16.6. The first-order valence-corrected chi connectivity index (χ1v) is 11.1. The van der Waals surface area contributed by atoms with Gasteiger partial charge in [-0.15, -0.1) is 0 Å². The van der Waals surface area contributed by atoms with Crippen LogP contribution in [-0.4, -0.2) is 36.0 Å². The van der Waals surface area contributed by atoms with Gasteiger partial charge in [-0.3, -0.25) is 4.79 Å². The number of aromatic nitrogens is 2. The van der Waals surface area contributed by atoms with Crippen LogP contribution in [0.3, 0.4) is 0 Å². The molecule has 2 heterocycles. The molecular formula is C25H25ClN6O. The van der Waals surface area contributed by atoms with E-state index in [1.54, 1.807) is 37.1 Å². The predicted molar refractivity (Wildman–Crippen MR) is 132 cm³/mol. The highest BCUT2D eigenvalue weighted by atomic mass is 35.5. The molecule has 1 aliphatic rings. The molecule has 0 aliphatic carbocycles. The molecule has 3 aromatic rings. The molecule has 0 spiro atoms. The Morgan fingerprint density at radius 1 is 1.15 bits per heavy atom. The number of carbonyl (C=O) groups is 1. The Hall–Kier alpha value is -3.60. The van der Waals surface area contributed by atoms with Gasteiger partial charge in [0.05, 0.1) is 23.1 Å². The quantitative estimate of drug-likeness (QED) is 0.394. The number of carbonyl (C=O) groups excluding carboxylic acids is 1. The average Bonchev–Trinajstić information content (AvgIpc) is 3.09. The molecule has 0 saturated heterocycles. The summed E-state index contributed by atoms with van der Waals surface area (Å²) in [6.07, 6.45) is 3.50.